The first-order valence-electron chi connectivity index (χ1n) is 4.43. The molecule has 1 aromatic heterocycles. The van der Waals surface area contributed by atoms with Crippen molar-refractivity contribution in [2.45, 2.75) is 19.8 Å². The number of hydrogen-bond acceptors (Lipinski definition) is 2. The number of aryl methyl sites for hydroxylation is 2. The maximum Gasteiger partial charge on any atom is 0.303 e. The lowest BCUT2D eigenvalue weighted by Crippen LogP contribution is -2.00. The number of carbonyl (C=O) groups is 1. The van der Waals surface area contributed by atoms with E-state index in [4.69, 9.17) is 5.11 Å². The van der Waals surface area contributed by atoms with Crippen LogP contribution in [0.3, 0.4) is 0 Å². The molecule has 0 aliphatic carbocycles. The molecule has 0 radical (unpaired) electrons. The average Bonchev–Trinajstić information content (AvgIpc) is 2.14. The number of aromatic nitrogens is 1. The lowest BCUT2D eigenvalue weighted by Gasteiger charge is -2.02. The molecule has 14 heavy (non-hydrogen) atoms. The summed E-state index contributed by atoms with van der Waals surface area (Å²) in [6, 6.07) is 3.78. The van der Waals surface area contributed by atoms with Gasteiger partial charge in [0.15, 0.2) is 0 Å². The molecule has 3 nitrogen and oxygen atoms in total. The molecule has 1 aromatic rings. The van der Waals surface area contributed by atoms with Crippen LogP contribution in [0, 0.1) is 6.92 Å². The number of rotatable bonds is 4. The van der Waals surface area contributed by atoms with Gasteiger partial charge in [-0.1, -0.05) is 12.7 Å². The molecule has 0 aromatic carbocycles. The Morgan fingerprint density at radius 2 is 2.36 bits per heavy atom. The van der Waals surface area contributed by atoms with Crippen molar-refractivity contribution in [2.75, 3.05) is 0 Å². The van der Waals surface area contributed by atoms with E-state index in [1.165, 1.54) is 0 Å². The molecule has 0 atom stereocenters. The van der Waals surface area contributed by atoms with E-state index in [1.807, 2.05) is 19.1 Å². The van der Waals surface area contributed by atoms with Crippen LogP contribution in [0.1, 0.15) is 23.4 Å². The summed E-state index contributed by atoms with van der Waals surface area (Å²) in [7, 11) is 0. The number of nitrogens with zero attached hydrogens (tertiary/aromatic N) is 1. The maximum atomic E-state index is 10.4. The molecule has 1 N–H and O–H groups in total. The van der Waals surface area contributed by atoms with Gasteiger partial charge in [0.1, 0.15) is 0 Å². The lowest BCUT2D eigenvalue weighted by molar-refractivity contribution is -0.136. The van der Waals surface area contributed by atoms with Crippen molar-refractivity contribution < 1.29 is 9.90 Å². The van der Waals surface area contributed by atoms with Gasteiger partial charge in [-0.15, -0.1) is 0 Å². The summed E-state index contributed by atoms with van der Waals surface area (Å²) in [6.07, 6.45) is 2.32. The van der Waals surface area contributed by atoms with Crippen LogP contribution in [0.5, 0.6) is 0 Å². The van der Waals surface area contributed by atoms with Crippen LogP contribution in [-0.2, 0) is 11.2 Å². The fourth-order valence-electron chi connectivity index (χ4n) is 1.25. The zero-order valence-electron chi connectivity index (χ0n) is 8.16. The molecule has 0 amide bonds. The van der Waals surface area contributed by atoms with Crippen molar-refractivity contribution in [3.05, 3.63) is 35.7 Å². The molecule has 0 unspecified atom stereocenters. The first-order valence-corrected chi connectivity index (χ1v) is 4.43. The predicted molar refractivity (Wildman–Crippen MR) is 55.0 cm³/mol. The maximum absolute atomic E-state index is 10.4. The van der Waals surface area contributed by atoms with Crippen molar-refractivity contribution in [2.24, 2.45) is 0 Å². The quantitative estimate of drug-likeness (QED) is 0.792. The molecule has 1 rings (SSSR count). The summed E-state index contributed by atoms with van der Waals surface area (Å²) >= 11 is 0. The van der Waals surface area contributed by atoms with Crippen molar-refractivity contribution in [3.63, 3.8) is 0 Å². The van der Waals surface area contributed by atoms with Crippen LogP contribution in [-0.4, -0.2) is 16.1 Å². The Bertz CT molecular complexity index is 358. The van der Waals surface area contributed by atoms with E-state index in [9.17, 15) is 4.79 Å². The van der Waals surface area contributed by atoms with Gasteiger partial charge in [0.2, 0.25) is 0 Å². The highest BCUT2D eigenvalue weighted by atomic mass is 16.4. The van der Waals surface area contributed by atoms with Gasteiger partial charge in [-0.25, -0.2) is 0 Å². The number of carboxylic acid groups (broad SMARTS) is 1. The predicted octanol–water partition coefficient (Wildman–Crippen LogP) is 2.05. The van der Waals surface area contributed by atoms with E-state index in [2.05, 4.69) is 11.6 Å². The molecule has 3 heteroatoms. The van der Waals surface area contributed by atoms with Gasteiger partial charge in [0.05, 0.1) is 6.42 Å². The van der Waals surface area contributed by atoms with Gasteiger partial charge < -0.3 is 5.11 Å². The molecule has 0 saturated heterocycles. The molecule has 0 fully saturated rings. The standard InChI is InChI=1S/C11H13NO2/c1-3-9-6-8(2)12-10(7-9)4-5-11(13)14/h3,6-7H,1,4-5H2,2H3,(H,13,14). The SMILES string of the molecule is C=Cc1cc(C)nc(CCC(=O)O)c1. The third-order valence-electron chi connectivity index (χ3n) is 1.86. The Morgan fingerprint density at radius 3 is 2.93 bits per heavy atom. The van der Waals surface area contributed by atoms with Gasteiger partial charge in [-0.2, -0.15) is 0 Å². The number of pyridine rings is 1. The highest BCUT2D eigenvalue weighted by molar-refractivity contribution is 5.67. The smallest absolute Gasteiger partial charge is 0.303 e. The topological polar surface area (TPSA) is 50.2 Å². The van der Waals surface area contributed by atoms with Crippen LogP contribution >= 0.6 is 0 Å². The monoisotopic (exact) mass is 191 g/mol. The third-order valence-corrected chi connectivity index (χ3v) is 1.86. The zero-order valence-corrected chi connectivity index (χ0v) is 8.16. The molecule has 0 aliphatic heterocycles. The van der Waals surface area contributed by atoms with E-state index < -0.39 is 5.97 Å². The van der Waals surface area contributed by atoms with Gasteiger partial charge in [-0.3, -0.25) is 9.78 Å². The Kier molecular flexibility index (Phi) is 3.40. The van der Waals surface area contributed by atoms with Crippen LogP contribution in [0.4, 0.5) is 0 Å². The first-order chi connectivity index (χ1) is 6.61. The highest BCUT2D eigenvalue weighted by Crippen LogP contribution is 2.08. The third kappa shape index (κ3) is 3.01. The van der Waals surface area contributed by atoms with Crippen molar-refractivity contribution in [1.82, 2.24) is 4.98 Å². The van der Waals surface area contributed by atoms with E-state index in [0.29, 0.717) is 6.42 Å². The molecular formula is C11H13NO2. The van der Waals surface area contributed by atoms with E-state index in [-0.39, 0.29) is 6.42 Å². The molecule has 0 bridgehead atoms. The van der Waals surface area contributed by atoms with E-state index in [1.54, 1.807) is 6.08 Å². The fraction of sp³-hybridized carbons (Fsp3) is 0.273. The number of hydrogen-bond donors (Lipinski definition) is 1. The van der Waals surface area contributed by atoms with Crippen LogP contribution in [0.2, 0.25) is 0 Å². The van der Waals surface area contributed by atoms with Gasteiger partial charge in [0.25, 0.3) is 0 Å². The second kappa shape index (κ2) is 4.56. The minimum absolute atomic E-state index is 0.118. The fourth-order valence-corrected chi connectivity index (χ4v) is 1.25. The number of carboxylic acids is 1. The molecule has 0 aliphatic rings. The summed E-state index contributed by atoms with van der Waals surface area (Å²) in [5, 5.41) is 8.52. The summed E-state index contributed by atoms with van der Waals surface area (Å²) < 4.78 is 0. The second-order valence-corrected chi connectivity index (χ2v) is 3.13. The summed E-state index contributed by atoms with van der Waals surface area (Å²) in [6.45, 7) is 5.55. The molecule has 1 heterocycles. The molecule has 0 saturated carbocycles. The molecule has 74 valence electrons. The Hall–Kier alpha value is -1.64. The Morgan fingerprint density at radius 1 is 1.64 bits per heavy atom. The minimum Gasteiger partial charge on any atom is -0.481 e. The average molecular weight is 191 g/mol. The molecular weight excluding hydrogens is 178 g/mol. The van der Waals surface area contributed by atoms with Crippen molar-refractivity contribution in [3.8, 4) is 0 Å². The van der Waals surface area contributed by atoms with Crippen LogP contribution < -0.4 is 0 Å². The summed E-state index contributed by atoms with van der Waals surface area (Å²) in [4.78, 5) is 14.6. The van der Waals surface area contributed by atoms with Crippen molar-refractivity contribution >= 4 is 12.0 Å². The first kappa shape index (κ1) is 10.4. The second-order valence-electron chi connectivity index (χ2n) is 3.13. The van der Waals surface area contributed by atoms with E-state index in [0.717, 1.165) is 17.0 Å². The lowest BCUT2D eigenvalue weighted by atomic mass is 10.1. The molecule has 0 spiro atoms. The van der Waals surface area contributed by atoms with Crippen LogP contribution in [0.15, 0.2) is 18.7 Å². The normalized spacial score (nSPS) is 9.79. The Balaban J connectivity index is 2.81. The van der Waals surface area contributed by atoms with Gasteiger partial charge >= 0.3 is 5.97 Å². The number of aliphatic carboxylic acids is 1. The van der Waals surface area contributed by atoms with Crippen molar-refractivity contribution in [1.29, 1.82) is 0 Å². The zero-order chi connectivity index (χ0) is 10.6. The highest BCUT2D eigenvalue weighted by Gasteiger charge is 2.01. The summed E-state index contributed by atoms with van der Waals surface area (Å²) in [5.74, 6) is -0.798. The van der Waals surface area contributed by atoms with Gasteiger partial charge in [-0.05, 0) is 24.6 Å². The van der Waals surface area contributed by atoms with Crippen LogP contribution in [0.25, 0.3) is 6.08 Å². The van der Waals surface area contributed by atoms with Gasteiger partial charge in [0, 0.05) is 17.8 Å². The summed E-state index contributed by atoms with van der Waals surface area (Å²) in [5.41, 5.74) is 2.68. The Labute approximate surface area is 83.1 Å². The largest absolute Gasteiger partial charge is 0.481 e. The minimum atomic E-state index is -0.798. The van der Waals surface area contributed by atoms with E-state index >= 15 is 0 Å².